The Hall–Kier alpha value is -1.45. The van der Waals surface area contributed by atoms with Crippen LogP contribution in [0.1, 0.15) is 29.9 Å². The van der Waals surface area contributed by atoms with Crippen LogP contribution in [0.3, 0.4) is 0 Å². The number of carboxylic acids is 1. The van der Waals surface area contributed by atoms with Crippen LogP contribution in [0.2, 0.25) is 0 Å². The molecule has 0 spiro atoms. The summed E-state index contributed by atoms with van der Waals surface area (Å²) in [6.07, 6.45) is 2.18. The van der Waals surface area contributed by atoms with Crippen LogP contribution in [0, 0.1) is 0 Å². The molecular formula is C11H10F2O2. The van der Waals surface area contributed by atoms with Gasteiger partial charge in [-0.15, -0.1) is 0 Å². The normalized spacial score (nSPS) is 16.4. The molecule has 0 aromatic heterocycles. The summed E-state index contributed by atoms with van der Waals surface area (Å²) in [5.41, 5.74) is 0.555. The van der Waals surface area contributed by atoms with Gasteiger partial charge in [-0.1, -0.05) is 24.3 Å². The molecule has 1 aliphatic rings. The SMILES string of the molecule is O=C(O)C(F)(F)c1ccc(C2CC2)cc1. The number of aliphatic carboxylic acids is 1. The number of benzene rings is 1. The molecule has 0 bridgehead atoms. The largest absolute Gasteiger partial charge is 0.477 e. The number of hydrogen-bond donors (Lipinski definition) is 1. The van der Waals surface area contributed by atoms with Crippen LogP contribution in [0.25, 0.3) is 0 Å². The Bertz CT molecular complexity index is 380. The Morgan fingerprint density at radius 2 is 1.80 bits per heavy atom. The lowest BCUT2D eigenvalue weighted by Crippen LogP contribution is -2.25. The summed E-state index contributed by atoms with van der Waals surface area (Å²) >= 11 is 0. The van der Waals surface area contributed by atoms with Crippen LogP contribution >= 0.6 is 0 Å². The molecule has 2 nitrogen and oxygen atoms in total. The molecule has 0 heterocycles. The lowest BCUT2D eigenvalue weighted by Gasteiger charge is -2.11. The zero-order chi connectivity index (χ0) is 11.1. The Balaban J connectivity index is 2.26. The van der Waals surface area contributed by atoms with Gasteiger partial charge in [-0.2, -0.15) is 8.78 Å². The van der Waals surface area contributed by atoms with Gasteiger partial charge in [-0.3, -0.25) is 0 Å². The summed E-state index contributed by atoms with van der Waals surface area (Å²) in [6, 6.07) is 5.57. The molecule has 2 rings (SSSR count). The van der Waals surface area contributed by atoms with Gasteiger partial charge in [0.15, 0.2) is 0 Å². The van der Waals surface area contributed by atoms with Gasteiger partial charge in [0.05, 0.1) is 0 Å². The van der Waals surface area contributed by atoms with Crippen molar-refractivity contribution < 1.29 is 18.7 Å². The minimum Gasteiger partial charge on any atom is -0.477 e. The highest BCUT2D eigenvalue weighted by atomic mass is 19.3. The van der Waals surface area contributed by atoms with Crippen molar-refractivity contribution in [2.45, 2.75) is 24.7 Å². The van der Waals surface area contributed by atoms with Crippen molar-refractivity contribution in [2.75, 3.05) is 0 Å². The van der Waals surface area contributed by atoms with E-state index in [0.29, 0.717) is 5.92 Å². The van der Waals surface area contributed by atoms with E-state index in [0.717, 1.165) is 18.4 Å². The lowest BCUT2D eigenvalue weighted by molar-refractivity contribution is -0.166. The maximum absolute atomic E-state index is 13.0. The third kappa shape index (κ3) is 1.84. The van der Waals surface area contributed by atoms with Crippen molar-refractivity contribution in [1.29, 1.82) is 0 Å². The molecule has 0 saturated heterocycles. The Kier molecular flexibility index (Phi) is 2.21. The zero-order valence-corrected chi connectivity index (χ0v) is 7.91. The fourth-order valence-electron chi connectivity index (χ4n) is 1.50. The highest BCUT2D eigenvalue weighted by molar-refractivity contribution is 5.77. The van der Waals surface area contributed by atoms with Gasteiger partial charge in [0.25, 0.3) is 0 Å². The Morgan fingerprint density at radius 3 is 2.20 bits per heavy atom. The van der Waals surface area contributed by atoms with Crippen LogP contribution in [0.15, 0.2) is 24.3 Å². The third-order valence-electron chi connectivity index (χ3n) is 2.59. The second kappa shape index (κ2) is 3.29. The molecule has 1 saturated carbocycles. The molecule has 1 fully saturated rings. The van der Waals surface area contributed by atoms with Crippen molar-refractivity contribution in [2.24, 2.45) is 0 Å². The first-order valence-electron chi connectivity index (χ1n) is 4.73. The number of alkyl halides is 2. The van der Waals surface area contributed by atoms with Crippen LogP contribution in [-0.2, 0) is 10.7 Å². The average molecular weight is 212 g/mol. The van der Waals surface area contributed by atoms with Crippen molar-refractivity contribution in [1.82, 2.24) is 0 Å². The van der Waals surface area contributed by atoms with E-state index in [4.69, 9.17) is 5.11 Å². The Labute approximate surface area is 85.5 Å². The first-order valence-corrected chi connectivity index (χ1v) is 4.73. The van der Waals surface area contributed by atoms with Gasteiger partial charge in [-0.25, -0.2) is 4.79 Å². The summed E-state index contributed by atoms with van der Waals surface area (Å²) < 4.78 is 26.1. The van der Waals surface area contributed by atoms with Gasteiger partial charge in [-0.05, 0) is 24.3 Å². The molecule has 1 aromatic carbocycles. The zero-order valence-electron chi connectivity index (χ0n) is 7.91. The van der Waals surface area contributed by atoms with Crippen molar-refractivity contribution in [3.8, 4) is 0 Å². The van der Waals surface area contributed by atoms with Gasteiger partial charge in [0.1, 0.15) is 0 Å². The molecule has 1 aromatic rings. The minimum absolute atomic E-state index is 0.459. The topological polar surface area (TPSA) is 37.3 Å². The quantitative estimate of drug-likeness (QED) is 0.836. The average Bonchev–Trinajstić information content (AvgIpc) is 3.01. The fraction of sp³-hybridized carbons (Fsp3) is 0.364. The Morgan fingerprint density at radius 1 is 1.27 bits per heavy atom. The summed E-state index contributed by atoms with van der Waals surface area (Å²) in [5.74, 6) is -5.42. The molecule has 0 atom stereocenters. The predicted octanol–water partition coefficient (Wildman–Crippen LogP) is 2.74. The van der Waals surface area contributed by atoms with Crippen LogP contribution in [0.4, 0.5) is 8.78 Å². The van der Waals surface area contributed by atoms with E-state index in [1.54, 1.807) is 12.1 Å². The van der Waals surface area contributed by atoms with Crippen molar-refractivity contribution in [3.05, 3.63) is 35.4 Å². The first-order chi connectivity index (χ1) is 7.01. The summed E-state index contributed by atoms with van der Waals surface area (Å²) in [7, 11) is 0. The van der Waals surface area contributed by atoms with E-state index in [1.165, 1.54) is 12.1 Å². The van der Waals surface area contributed by atoms with Gasteiger partial charge < -0.3 is 5.11 Å². The number of hydrogen-bond acceptors (Lipinski definition) is 1. The molecular weight excluding hydrogens is 202 g/mol. The molecule has 1 aliphatic carbocycles. The van der Waals surface area contributed by atoms with Crippen LogP contribution in [0.5, 0.6) is 0 Å². The predicted molar refractivity (Wildman–Crippen MR) is 49.9 cm³/mol. The number of carboxylic acid groups (broad SMARTS) is 1. The minimum atomic E-state index is -3.79. The standard InChI is InChI=1S/C11H10F2O2/c12-11(13,10(14)15)9-5-3-8(4-6-9)7-1-2-7/h3-7H,1-2H2,(H,14,15). The summed E-state index contributed by atoms with van der Waals surface area (Å²) in [6.45, 7) is 0. The lowest BCUT2D eigenvalue weighted by atomic mass is 10.0. The maximum atomic E-state index is 13.0. The van der Waals surface area contributed by atoms with E-state index < -0.39 is 17.5 Å². The van der Waals surface area contributed by atoms with E-state index in [2.05, 4.69) is 0 Å². The molecule has 0 radical (unpaired) electrons. The second-order valence-electron chi connectivity index (χ2n) is 3.78. The van der Waals surface area contributed by atoms with E-state index in [9.17, 15) is 13.6 Å². The molecule has 0 unspecified atom stereocenters. The van der Waals surface area contributed by atoms with E-state index >= 15 is 0 Å². The smallest absolute Gasteiger partial charge is 0.379 e. The highest BCUT2D eigenvalue weighted by Crippen LogP contribution is 2.40. The first kappa shape index (κ1) is 10.1. The molecule has 15 heavy (non-hydrogen) atoms. The van der Waals surface area contributed by atoms with Crippen molar-refractivity contribution in [3.63, 3.8) is 0 Å². The van der Waals surface area contributed by atoms with E-state index in [-0.39, 0.29) is 0 Å². The fourth-order valence-corrected chi connectivity index (χ4v) is 1.50. The maximum Gasteiger partial charge on any atom is 0.379 e. The molecule has 1 N–H and O–H groups in total. The van der Waals surface area contributed by atoms with E-state index in [1.807, 2.05) is 0 Å². The van der Waals surface area contributed by atoms with Crippen LogP contribution in [-0.4, -0.2) is 11.1 Å². The highest BCUT2D eigenvalue weighted by Gasteiger charge is 2.41. The van der Waals surface area contributed by atoms with Gasteiger partial charge in [0.2, 0.25) is 0 Å². The van der Waals surface area contributed by atoms with Gasteiger partial charge >= 0.3 is 11.9 Å². The molecule has 0 amide bonds. The molecule has 4 heteroatoms. The third-order valence-corrected chi connectivity index (χ3v) is 2.59. The second-order valence-corrected chi connectivity index (χ2v) is 3.78. The van der Waals surface area contributed by atoms with Crippen LogP contribution < -0.4 is 0 Å². The number of halogens is 2. The monoisotopic (exact) mass is 212 g/mol. The summed E-state index contributed by atoms with van der Waals surface area (Å²) in [5, 5.41) is 8.34. The number of carbonyl (C=O) groups is 1. The van der Waals surface area contributed by atoms with Crippen molar-refractivity contribution >= 4 is 5.97 Å². The number of rotatable bonds is 3. The summed E-state index contributed by atoms with van der Waals surface area (Å²) in [4.78, 5) is 10.3. The molecule has 80 valence electrons. The van der Waals surface area contributed by atoms with Gasteiger partial charge in [0, 0.05) is 5.56 Å². The molecule has 0 aliphatic heterocycles.